The van der Waals surface area contributed by atoms with Crippen molar-refractivity contribution in [2.24, 2.45) is 4.99 Å². The first-order valence-electron chi connectivity index (χ1n) is 11.1. The van der Waals surface area contributed by atoms with Crippen LogP contribution in [0.3, 0.4) is 0 Å². The van der Waals surface area contributed by atoms with Crippen molar-refractivity contribution in [3.63, 3.8) is 0 Å². The molecular formula is C23H37IN6O2. The van der Waals surface area contributed by atoms with Crippen LogP contribution in [0.1, 0.15) is 51.3 Å². The third-order valence-electron chi connectivity index (χ3n) is 5.19. The van der Waals surface area contributed by atoms with Crippen LogP contribution < -0.4 is 15.4 Å². The number of hydrogen-bond acceptors (Lipinski definition) is 5. The number of guanidine groups is 1. The highest BCUT2D eigenvalue weighted by atomic mass is 127. The third kappa shape index (κ3) is 7.61. The fourth-order valence-corrected chi connectivity index (χ4v) is 3.56. The van der Waals surface area contributed by atoms with Gasteiger partial charge in [0.05, 0.1) is 13.1 Å². The minimum Gasteiger partial charge on any atom is -0.492 e. The number of nitrogens with one attached hydrogen (secondary N) is 2. The monoisotopic (exact) mass is 556 g/mol. The molecule has 9 heteroatoms. The van der Waals surface area contributed by atoms with Crippen LogP contribution in [0.15, 0.2) is 29.3 Å². The van der Waals surface area contributed by atoms with Crippen molar-refractivity contribution in [2.45, 2.75) is 65.1 Å². The molecule has 0 aliphatic carbocycles. The first kappa shape index (κ1) is 26.4. The van der Waals surface area contributed by atoms with Gasteiger partial charge in [0.2, 0.25) is 0 Å². The van der Waals surface area contributed by atoms with Gasteiger partial charge >= 0.3 is 0 Å². The van der Waals surface area contributed by atoms with Crippen molar-refractivity contribution in [1.82, 2.24) is 25.4 Å². The first-order valence-corrected chi connectivity index (χ1v) is 11.1. The molecule has 0 spiro atoms. The molecule has 1 aromatic heterocycles. The van der Waals surface area contributed by atoms with E-state index in [0.29, 0.717) is 19.8 Å². The number of halogens is 1. The molecule has 1 aliphatic heterocycles. The van der Waals surface area contributed by atoms with Crippen molar-refractivity contribution >= 4 is 29.9 Å². The summed E-state index contributed by atoms with van der Waals surface area (Å²) in [5.41, 5.74) is 1.37. The van der Waals surface area contributed by atoms with E-state index in [1.54, 1.807) is 7.11 Å². The summed E-state index contributed by atoms with van der Waals surface area (Å²) >= 11 is 0. The second kappa shape index (κ2) is 12.4. The van der Waals surface area contributed by atoms with Gasteiger partial charge in [0.15, 0.2) is 11.8 Å². The topological polar surface area (TPSA) is 85.6 Å². The summed E-state index contributed by atoms with van der Waals surface area (Å²) < 4.78 is 13.1. The van der Waals surface area contributed by atoms with Gasteiger partial charge in [0.1, 0.15) is 24.8 Å². The number of hydrogen-bond donors (Lipinski definition) is 2. The van der Waals surface area contributed by atoms with Gasteiger partial charge in [-0.25, -0.2) is 14.7 Å². The first-order chi connectivity index (χ1) is 14.9. The second-order valence-corrected chi connectivity index (χ2v) is 8.83. The van der Waals surface area contributed by atoms with Crippen molar-refractivity contribution in [3.8, 4) is 5.75 Å². The fraction of sp³-hybridized carbons (Fsp3) is 0.609. The number of nitrogens with zero attached hydrogens (tertiary/aromatic N) is 4. The molecule has 32 heavy (non-hydrogen) atoms. The number of aliphatic imine (C=N–C) groups is 1. The number of rotatable bonds is 8. The van der Waals surface area contributed by atoms with Crippen LogP contribution in [0, 0.1) is 0 Å². The van der Waals surface area contributed by atoms with Crippen LogP contribution in [0.4, 0.5) is 0 Å². The van der Waals surface area contributed by atoms with E-state index >= 15 is 0 Å². The maximum Gasteiger partial charge on any atom is 0.191 e. The lowest BCUT2D eigenvalue weighted by Gasteiger charge is -2.25. The molecule has 0 radical (unpaired) electrons. The molecule has 0 fully saturated rings. The van der Waals surface area contributed by atoms with Crippen LogP contribution in [-0.4, -0.2) is 53.6 Å². The average Bonchev–Trinajstić information content (AvgIpc) is 3.13. The highest BCUT2D eigenvalue weighted by molar-refractivity contribution is 14.0. The van der Waals surface area contributed by atoms with E-state index in [1.807, 2.05) is 16.8 Å². The zero-order valence-corrected chi connectivity index (χ0v) is 22.2. The smallest absolute Gasteiger partial charge is 0.191 e. The van der Waals surface area contributed by atoms with Gasteiger partial charge in [0, 0.05) is 26.1 Å². The number of ether oxygens (including phenoxy) is 2. The zero-order chi connectivity index (χ0) is 22.3. The van der Waals surface area contributed by atoms with Crippen LogP contribution >= 0.6 is 24.0 Å². The summed E-state index contributed by atoms with van der Waals surface area (Å²) in [5, 5.41) is 11.4. The highest BCUT2D eigenvalue weighted by Crippen LogP contribution is 2.25. The van der Waals surface area contributed by atoms with E-state index < -0.39 is 0 Å². The van der Waals surface area contributed by atoms with Gasteiger partial charge in [-0.15, -0.1) is 24.0 Å². The number of methoxy groups -OCH3 is 1. The lowest BCUT2D eigenvalue weighted by atomic mass is 9.87. The third-order valence-corrected chi connectivity index (χ3v) is 5.19. The van der Waals surface area contributed by atoms with Crippen LogP contribution in [0.25, 0.3) is 0 Å². The van der Waals surface area contributed by atoms with Crippen molar-refractivity contribution < 1.29 is 9.47 Å². The Hall–Kier alpha value is -1.88. The summed E-state index contributed by atoms with van der Waals surface area (Å²) in [6.07, 6.45) is 1.88. The van der Waals surface area contributed by atoms with Crippen molar-refractivity contribution in [3.05, 3.63) is 41.5 Å². The molecule has 178 valence electrons. The standard InChI is InChI=1S/C23H36N6O2.HI/c1-6-24-22(25-12-13-31-19-9-7-8-17(14-19)23(2,3)4)26-18-10-11-21-27-20(16-30-5)28-29(21)15-18;/h7-9,14,18H,6,10-13,15-16H2,1-5H3,(H2,24,25,26);1H. The Morgan fingerprint density at radius 2 is 2.12 bits per heavy atom. The molecule has 3 rings (SSSR count). The molecule has 2 N–H and O–H groups in total. The Morgan fingerprint density at radius 1 is 1.31 bits per heavy atom. The molecule has 0 bridgehead atoms. The fourth-order valence-electron chi connectivity index (χ4n) is 3.56. The Balaban J connectivity index is 0.00000363. The van der Waals surface area contributed by atoms with E-state index in [1.165, 1.54) is 5.56 Å². The van der Waals surface area contributed by atoms with E-state index in [4.69, 9.17) is 9.47 Å². The zero-order valence-electron chi connectivity index (χ0n) is 19.9. The molecular weight excluding hydrogens is 519 g/mol. The number of aryl methyl sites for hydroxylation is 1. The number of aromatic nitrogens is 3. The maximum atomic E-state index is 5.94. The lowest BCUT2D eigenvalue weighted by Crippen LogP contribution is -2.47. The summed E-state index contributed by atoms with van der Waals surface area (Å²) in [7, 11) is 1.66. The molecule has 1 unspecified atom stereocenters. The minimum absolute atomic E-state index is 0. The summed E-state index contributed by atoms with van der Waals surface area (Å²) in [6.45, 7) is 11.8. The van der Waals surface area contributed by atoms with Gasteiger partial charge in [-0.05, 0) is 36.5 Å². The Morgan fingerprint density at radius 3 is 2.84 bits per heavy atom. The Kier molecular flexibility index (Phi) is 10.2. The van der Waals surface area contributed by atoms with Gasteiger partial charge in [-0.3, -0.25) is 0 Å². The second-order valence-electron chi connectivity index (χ2n) is 8.83. The normalized spacial score (nSPS) is 16.2. The van der Waals surface area contributed by atoms with E-state index in [2.05, 4.69) is 65.5 Å². The predicted octanol–water partition coefficient (Wildman–Crippen LogP) is 3.29. The summed E-state index contributed by atoms with van der Waals surface area (Å²) in [4.78, 5) is 9.23. The largest absolute Gasteiger partial charge is 0.492 e. The van der Waals surface area contributed by atoms with Crippen LogP contribution in [-0.2, 0) is 29.7 Å². The molecule has 8 nitrogen and oxygen atoms in total. The van der Waals surface area contributed by atoms with E-state index in [0.717, 1.165) is 49.3 Å². The minimum atomic E-state index is 0. The molecule has 0 saturated heterocycles. The molecule has 0 saturated carbocycles. The van der Waals surface area contributed by atoms with Gasteiger partial charge in [-0.1, -0.05) is 32.9 Å². The molecule has 1 atom stereocenters. The van der Waals surface area contributed by atoms with Gasteiger partial charge in [0.25, 0.3) is 0 Å². The number of benzene rings is 1. The predicted molar refractivity (Wildman–Crippen MR) is 138 cm³/mol. The van der Waals surface area contributed by atoms with E-state index in [-0.39, 0.29) is 35.4 Å². The Bertz CT molecular complexity index is 878. The molecule has 1 aliphatic rings. The summed E-state index contributed by atoms with van der Waals surface area (Å²) in [6, 6.07) is 8.55. The van der Waals surface area contributed by atoms with Crippen molar-refractivity contribution in [2.75, 3.05) is 26.8 Å². The maximum absolute atomic E-state index is 5.94. The quantitative estimate of drug-likeness (QED) is 0.225. The van der Waals surface area contributed by atoms with Crippen molar-refractivity contribution in [1.29, 1.82) is 0 Å². The molecule has 2 heterocycles. The molecule has 2 aromatic rings. The van der Waals surface area contributed by atoms with Crippen LogP contribution in [0.2, 0.25) is 0 Å². The SMILES string of the molecule is CCNC(=NCCOc1cccc(C(C)(C)C)c1)NC1CCc2nc(COC)nn2C1.I. The van der Waals surface area contributed by atoms with Gasteiger partial charge < -0.3 is 20.1 Å². The van der Waals surface area contributed by atoms with E-state index in [9.17, 15) is 0 Å². The molecule has 0 amide bonds. The highest BCUT2D eigenvalue weighted by Gasteiger charge is 2.22. The number of fused-ring (bicyclic) bond motifs is 1. The summed E-state index contributed by atoms with van der Waals surface area (Å²) in [5.74, 6) is 3.46. The molecule has 1 aromatic carbocycles. The Labute approximate surface area is 208 Å². The van der Waals surface area contributed by atoms with Gasteiger partial charge in [-0.2, -0.15) is 5.10 Å². The lowest BCUT2D eigenvalue weighted by molar-refractivity contribution is 0.177. The average molecular weight is 556 g/mol. The van der Waals surface area contributed by atoms with Crippen LogP contribution in [0.5, 0.6) is 5.75 Å².